The van der Waals surface area contributed by atoms with Gasteiger partial charge in [0.15, 0.2) is 11.6 Å². The van der Waals surface area contributed by atoms with Gasteiger partial charge in [-0.15, -0.1) is 10.2 Å². The maximum Gasteiger partial charge on any atom is 0.337 e. The molecule has 7 nitrogen and oxygen atoms in total. The predicted octanol–water partition coefficient (Wildman–Crippen LogP) is 3.33. The van der Waals surface area contributed by atoms with Crippen LogP contribution in [0.4, 0.5) is 21.7 Å². The highest BCUT2D eigenvalue weighted by atomic mass is 19.1. The van der Waals surface area contributed by atoms with Crippen LogP contribution in [0.5, 0.6) is 0 Å². The number of hydrogen-bond donors (Lipinski definition) is 2. The minimum absolute atomic E-state index is 0.0963. The van der Waals surface area contributed by atoms with Crippen LogP contribution in [-0.4, -0.2) is 29.2 Å². The lowest BCUT2D eigenvalue weighted by molar-refractivity contribution is -0.115. The number of anilines is 3. The fourth-order valence-corrected chi connectivity index (χ4v) is 2.42. The van der Waals surface area contributed by atoms with E-state index in [-0.39, 0.29) is 12.2 Å². The van der Waals surface area contributed by atoms with Crippen LogP contribution in [-0.2, 0) is 16.0 Å². The number of carbonyl (C=O) groups excluding carboxylic acids is 2. The lowest BCUT2D eigenvalue weighted by atomic mass is 10.1. The van der Waals surface area contributed by atoms with E-state index in [1.807, 2.05) is 0 Å². The second-order valence-electron chi connectivity index (χ2n) is 5.81. The number of hydrogen-bond acceptors (Lipinski definition) is 6. The van der Waals surface area contributed by atoms with Crippen molar-refractivity contribution in [3.8, 4) is 0 Å². The van der Waals surface area contributed by atoms with Crippen molar-refractivity contribution in [1.29, 1.82) is 0 Å². The van der Waals surface area contributed by atoms with Crippen molar-refractivity contribution in [3.05, 3.63) is 77.6 Å². The Morgan fingerprint density at radius 2 is 1.64 bits per heavy atom. The molecule has 1 heterocycles. The number of rotatable bonds is 6. The van der Waals surface area contributed by atoms with Gasteiger partial charge in [0.2, 0.25) is 5.91 Å². The number of ether oxygens (including phenoxy) is 1. The molecular weight excluding hydrogens is 363 g/mol. The van der Waals surface area contributed by atoms with Crippen LogP contribution >= 0.6 is 0 Å². The van der Waals surface area contributed by atoms with Crippen molar-refractivity contribution in [2.24, 2.45) is 0 Å². The summed E-state index contributed by atoms with van der Waals surface area (Å²) in [6.07, 6.45) is -0.0963. The van der Waals surface area contributed by atoms with Crippen molar-refractivity contribution >= 4 is 29.2 Å². The second kappa shape index (κ2) is 8.72. The number of benzene rings is 2. The minimum atomic E-state index is -0.429. The lowest BCUT2D eigenvalue weighted by Crippen LogP contribution is -2.16. The van der Waals surface area contributed by atoms with Gasteiger partial charge in [0.1, 0.15) is 5.82 Å². The quantitative estimate of drug-likeness (QED) is 0.637. The predicted molar refractivity (Wildman–Crippen MR) is 102 cm³/mol. The molecule has 0 saturated heterocycles. The molecule has 8 heteroatoms. The first-order valence-electron chi connectivity index (χ1n) is 8.37. The van der Waals surface area contributed by atoms with E-state index in [4.69, 9.17) is 0 Å². The summed E-state index contributed by atoms with van der Waals surface area (Å²) in [6, 6.07) is 16.0. The Bertz CT molecular complexity index is 976. The summed E-state index contributed by atoms with van der Waals surface area (Å²) < 4.78 is 18.2. The molecule has 0 fully saturated rings. The van der Waals surface area contributed by atoms with Crippen LogP contribution < -0.4 is 10.6 Å². The van der Waals surface area contributed by atoms with Crippen LogP contribution in [0, 0.1) is 5.82 Å². The molecule has 0 spiro atoms. The van der Waals surface area contributed by atoms with E-state index in [1.54, 1.807) is 54.6 Å². The third-order valence-corrected chi connectivity index (χ3v) is 3.82. The van der Waals surface area contributed by atoms with E-state index in [1.165, 1.54) is 13.2 Å². The van der Waals surface area contributed by atoms with E-state index in [2.05, 4.69) is 25.6 Å². The fourth-order valence-electron chi connectivity index (χ4n) is 2.42. The van der Waals surface area contributed by atoms with E-state index in [9.17, 15) is 14.0 Å². The molecule has 0 aliphatic heterocycles. The average Bonchev–Trinajstić information content (AvgIpc) is 2.71. The van der Waals surface area contributed by atoms with Gasteiger partial charge < -0.3 is 15.4 Å². The molecule has 0 atom stereocenters. The van der Waals surface area contributed by atoms with E-state index >= 15 is 0 Å². The summed E-state index contributed by atoms with van der Waals surface area (Å²) >= 11 is 0. The zero-order valence-corrected chi connectivity index (χ0v) is 15.0. The molecule has 0 aliphatic rings. The maximum absolute atomic E-state index is 13.6. The Morgan fingerprint density at radius 1 is 0.964 bits per heavy atom. The number of amides is 1. The van der Waals surface area contributed by atoms with Crippen LogP contribution in [0.25, 0.3) is 0 Å². The molecule has 0 unspecified atom stereocenters. The minimum Gasteiger partial charge on any atom is -0.465 e. The summed E-state index contributed by atoms with van der Waals surface area (Å²) in [5.74, 6) is -0.521. The molecule has 142 valence electrons. The van der Waals surface area contributed by atoms with Crippen molar-refractivity contribution in [2.75, 3.05) is 17.7 Å². The first kappa shape index (κ1) is 19.0. The van der Waals surface area contributed by atoms with Gasteiger partial charge in [0, 0.05) is 5.69 Å². The molecule has 1 aromatic heterocycles. The highest BCUT2D eigenvalue weighted by Gasteiger charge is 2.09. The monoisotopic (exact) mass is 380 g/mol. The number of carbonyl (C=O) groups is 2. The van der Waals surface area contributed by atoms with Crippen molar-refractivity contribution in [1.82, 2.24) is 10.2 Å². The SMILES string of the molecule is COC(=O)c1ccc(Nc2ccc(NC(=O)Cc3ccccc3F)nn2)cc1. The van der Waals surface area contributed by atoms with Gasteiger partial charge in [0.05, 0.1) is 19.1 Å². The molecule has 0 aliphatic carbocycles. The highest BCUT2D eigenvalue weighted by Crippen LogP contribution is 2.16. The number of nitrogens with zero attached hydrogens (tertiary/aromatic N) is 2. The van der Waals surface area contributed by atoms with Gasteiger partial charge in [-0.1, -0.05) is 18.2 Å². The highest BCUT2D eigenvalue weighted by molar-refractivity contribution is 5.91. The fraction of sp³-hybridized carbons (Fsp3) is 0.100. The Kier molecular flexibility index (Phi) is 5.91. The summed E-state index contributed by atoms with van der Waals surface area (Å²) in [6.45, 7) is 0. The molecule has 1 amide bonds. The molecule has 0 radical (unpaired) electrons. The lowest BCUT2D eigenvalue weighted by Gasteiger charge is -2.08. The van der Waals surface area contributed by atoms with Gasteiger partial charge in [-0.3, -0.25) is 4.79 Å². The number of aromatic nitrogens is 2. The van der Waals surface area contributed by atoms with Crippen LogP contribution in [0.1, 0.15) is 15.9 Å². The largest absolute Gasteiger partial charge is 0.465 e. The Labute approximate surface area is 160 Å². The standard InChI is InChI=1S/C20H17FN4O3/c1-28-20(27)13-6-8-15(9-7-13)22-17-10-11-18(25-24-17)23-19(26)12-14-4-2-3-5-16(14)21/h2-11H,12H2,1H3,(H,22,24)(H,23,25,26). The van der Waals surface area contributed by atoms with E-state index < -0.39 is 17.7 Å². The van der Waals surface area contributed by atoms with Crippen molar-refractivity contribution in [2.45, 2.75) is 6.42 Å². The smallest absolute Gasteiger partial charge is 0.337 e. The average molecular weight is 380 g/mol. The van der Waals surface area contributed by atoms with Gasteiger partial charge in [-0.05, 0) is 48.0 Å². The summed E-state index contributed by atoms with van der Waals surface area (Å²) in [5, 5.41) is 13.5. The summed E-state index contributed by atoms with van der Waals surface area (Å²) in [5.41, 5.74) is 1.45. The number of halogens is 1. The first-order valence-corrected chi connectivity index (χ1v) is 8.37. The van der Waals surface area contributed by atoms with Crippen molar-refractivity contribution in [3.63, 3.8) is 0 Å². The molecule has 3 rings (SSSR count). The molecule has 2 aromatic carbocycles. The van der Waals surface area contributed by atoms with E-state index in [0.29, 0.717) is 22.6 Å². The molecule has 28 heavy (non-hydrogen) atoms. The molecule has 0 bridgehead atoms. The first-order chi connectivity index (χ1) is 13.5. The molecule has 2 N–H and O–H groups in total. The van der Waals surface area contributed by atoms with Crippen LogP contribution in [0.2, 0.25) is 0 Å². The normalized spacial score (nSPS) is 10.2. The molecule has 3 aromatic rings. The summed E-state index contributed by atoms with van der Waals surface area (Å²) in [4.78, 5) is 23.4. The molecular formula is C20H17FN4O3. The topological polar surface area (TPSA) is 93.2 Å². The van der Waals surface area contributed by atoms with Gasteiger partial charge in [-0.25, -0.2) is 9.18 Å². The Balaban J connectivity index is 1.58. The zero-order valence-electron chi connectivity index (χ0n) is 15.0. The number of methoxy groups -OCH3 is 1. The summed E-state index contributed by atoms with van der Waals surface area (Å²) in [7, 11) is 1.32. The van der Waals surface area contributed by atoms with E-state index in [0.717, 1.165) is 0 Å². The Hall–Kier alpha value is -3.81. The van der Waals surface area contributed by atoms with Crippen molar-refractivity contribution < 1.29 is 18.7 Å². The zero-order chi connectivity index (χ0) is 19.9. The second-order valence-corrected chi connectivity index (χ2v) is 5.81. The van der Waals surface area contributed by atoms with Crippen LogP contribution in [0.3, 0.4) is 0 Å². The van der Waals surface area contributed by atoms with Gasteiger partial charge >= 0.3 is 5.97 Å². The Morgan fingerprint density at radius 3 is 2.29 bits per heavy atom. The third kappa shape index (κ3) is 4.88. The molecule has 0 saturated carbocycles. The third-order valence-electron chi connectivity index (χ3n) is 3.82. The maximum atomic E-state index is 13.6. The van der Waals surface area contributed by atoms with Gasteiger partial charge in [-0.2, -0.15) is 0 Å². The van der Waals surface area contributed by atoms with Gasteiger partial charge in [0.25, 0.3) is 0 Å². The number of nitrogens with one attached hydrogen (secondary N) is 2. The number of esters is 1. The van der Waals surface area contributed by atoms with Crippen LogP contribution in [0.15, 0.2) is 60.7 Å².